The largest absolute Gasteiger partial charge is 0.497 e. The molecule has 0 radical (unpaired) electrons. The normalized spacial score (nSPS) is 20.4. The number of hydrogen-bond acceptors (Lipinski definition) is 6. The van der Waals surface area contributed by atoms with Crippen LogP contribution in [0.2, 0.25) is 0 Å². The van der Waals surface area contributed by atoms with Crippen molar-refractivity contribution in [1.29, 1.82) is 0 Å². The Morgan fingerprint density at radius 2 is 2.19 bits per heavy atom. The van der Waals surface area contributed by atoms with Crippen LogP contribution < -0.4 is 16.0 Å². The maximum atomic E-state index is 12.3. The van der Waals surface area contributed by atoms with Crippen molar-refractivity contribution in [3.8, 4) is 17.3 Å². The number of hydrogen-bond donors (Lipinski definition) is 3. The zero-order valence-corrected chi connectivity index (χ0v) is 15.3. The topological polar surface area (TPSA) is 106 Å². The van der Waals surface area contributed by atoms with Gasteiger partial charge in [0.2, 0.25) is 5.88 Å². The second-order valence-electron chi connectivity index (χ2n) is 6.33. The van der Waals surface area contributed by atoms with Crippen LogP contribution in [0.5, 0.6) is 11.6 Å². The zero-order chi connectivity index (χ0) is 18.7. The van der Waals surface area contributed by atoms with Crippen molar-refractivity contribution in [2.45, 2.75) is 37.8 Å². The highest BCUT2D eigenvalue weighted by Gasteiger charge is 2.21. The predicted octanol–water partition coefficient (Wildman–Crippen LogP) is 2.30. The van der Waals surface area contributed by atoms with Gasteiger partial charge in [-0.25, -0.2) is 0 Å². The van der Waals surface area contributed by atoms with Crippen LogP contribution in [0.1, 0.15) is 31.2 Å². The Balaban J connectivity index is 2.04. The van der Waals surface area contributed by atoms with Gasteiger partial charge in [0, 0.05) is 18.3 Å². The van der Waals surface area contributed by atoms with E-state index in [1.807, 2.05) is 0 Å². The van der Waals surface area contributed by atoms with Crippen LogP contribution in [0, 0.1) is 4.77 Å². The zero-order valence-electron chi connectivity index (χ0n) is 14.5. The van der Waals surface area contributed by atoms with Crippen molar-refractivity contribution in [2.24, 2.45) is 10.7 Å². The summed E-state index contributed by atoms with van der Waals surface area (Å²) >= 11 is 5.22. The molecule has 1 aromatic heterocycles. The van der Waals surface area contributed by atoms with E-state index in [0.29, 0.717) is 11.4 Å². The van der Waals surface area contributed by atoms with E-state index in [2.05, 4.69) is 9.98 Å². The third kappa shape index (κ3) is 3.71. The molecule has 1 aliphatic carbocycles. The standard InChI is InChI=1S/C18H22N4O3S/c1-25-12-6-4-5-11(9-12)22-17(24)13(16(23)21-18(22)26)10-20-15-8-3-2-7-14(15)19/h4-6,9-10,14-15,24H,2-3,7-8,19H2,1H3,(H,21,23,26)/t14-,15-/m0/s1. The van der Waals surface area contributed by atoms with Crippen LogP contribution in [0.25, 0.3) is 5.69 Å². The number of nitrogens with zero attached hydrogens (tertiary/aromatic N) is 2. The smallest absolute Gasteiger partial charge is 0.264 e. The Labute approximate surface area is 156 Å². The first-order chi connectivity index (χ1) is 12.5. The summed E-state index contributed by atoms with van der Waals surface area (Å²) < 4.78 is 6.67. The number of H-pyrrole nitrogens is 1. The fourth-order valence-corrected chi connectivity index (χ4v) is 3.42. The molecule has 0 bridgehead atoms. The maximum Gasteiger partial charge on any atom is 0.264 e. The van der Waals surface area contributed by atoms with Crippen LogP contribution in [0.15, 0.2) is 34.1 Å². The van der Waals surface area contributed by atoms with Gasteiger partial charge in [-0.1, -0.05) is 18.9 Å². The van der Waals surface area contributed by atoms with Gasteiger partial charge in [-0.05, 0) is 37.2 Å². The Morgan fingerprint density at radius 3 is 2.92 bits per heavy atom. The molecule has 3 rings (SSSR count). The molecule has 1 aliphatic rings. The SMILES string of the molecule is COc1cccc(-n2c(O)c(C=N[C@H]3CCCC[C@@H]3N)c(=O)[nH]c2=S)c1. The summed E-state index contributed by atoms with van der Waals surface area (Å²) in [5, 5.41) is 10.7. The molecule has 138 valence electrons. The minimum atomic E-state index is -0.486. The quantitative estimate of drug-likeness (QED) is 0.562. The van der Waals surface area contributed by atoms with Crippen molar-refractivity contribution in [3.05, 3.63) is 45.0 Å². The summed E-state index contributed by atoms with van der Waals surface area (Å²) in [6, 6.07) is 6.96. The average molecular weight is 374 g/mol. The number of aromatic amines is 1. The number of rotatable bonds is 4. The van der Waals surface area contributed by atoms with E-state index >= 15 is 0 Å². The third-order valence-corrected chi connectivity index (χ3v) is 4.89. The highest BCUT2D eigenvalue weighted by atomic mass is 32.1. The van der Waals surface area contributed by atoms with Crippen molar-refractivity contribution in [3.63, 3.8) is 0 Å². The van der Waals surface area contributed by atoms with E-state index in [1.165, 1.54) is 10.8 Å². The summed E-state index contributed by atoms with van der Waals surface area (Å²) in [5.41, 5.74) is 6.24. The molecule has 0 spiro atoms. The molecule has 26 heavy (non-hydrogen) atoms. The Hall–Kier alpha value is -2.45. The van der Waals surface area contributed by atoms with Gasteiger partial charge in [-0.2, -0.15) is 0 Å². The van der Waals surface area contributed by atoms with Gasteiger partial charge < -0.3 is 15.6 Å². The molecule has 7 nitrogen and oxygen atoms in total. The first kappa shape index (κ1) is 18.3. The number of aliphatic imine (C=N–C) groups is 1. The van der Waals surface area contributed by atoms with E-state index in [-0.39, 0.29) is 28.3 Å². The average Bonchev–Trinajstić information content (AvgIpc) is 2.63. The van der Waals surface area contributed by atoms with Crippen LogP contribution in [0.3, 0.4) is 0 Å². The summed E-state index contributed by atoms with van der Waals surface area (Å²) in [5.74, 6) is 0.346. The Kier molecular flexibility index (Phi) is 5.53. The van der Waals surface area contributed by atoms with E-state index in [1.54, 1.807) is 31.4 Å². The fourth-order valence-electron chi connectivity index (χ4n) is 3.14. The van der Waals surface area contributed by atoms with Gasteiger partial charge in [0.25, 0.3) is 5.56 Å². The lowest BCUT2D eigenvalue weighted by Crippen LogP contribution is -2.36. The van der Waals surface area contributed by atoms with Crippen molar-refractivity contribution < 1.29 is 9.84 Å². The van der Waals surface area contributed by atoms with Gasteiger partial charge in [0.1, 0.15) is 11.3 Å². The molecule has 8 heteroatoms. The van der Waals surface area contributed by atoms with E-state index in [0.717, 1.165) is 25.7 Å². The van der Waals surface area contributed by atoms with Crippen LogP contribution >= 0.6 is 12.2 Å². The van der Waals surface area contributed by atoms with Crippen LogP contribution in [0.4, 0.5) is 0 Å². The minimum Gasteiger partial charge on any atom is -0.497 e. The second-order valence-corrected chi connectivity index (χ2v) is 6.71. The molecule has 0 unspecified atom stereocenters. The number of benzene rings is 1. The van der Waals surface area contributed by atoms with Crippen molar-refractivity contribution in [1.82, 2.24) is 9.55 Å². The fraction of sp³-hybridized carbons (Fsp3) is 0.389. The van der Waals surface area contributed by atoms with Gasteiger partial charge >= 0.3 is 0 Å². The molecular formula is C18H22N4O3S. The van der Waals surface area contributed by atoms with Gasteiger partial charge in [-0.15, -0.1) is 0 Å². The Morgan fingerprint density at radius 1 is 1.42 bits per heavy atom. The molecule has 1 saturated carbocycles. The predicted molar refractivity (Wildman–Crippen MR) is 103 cm³/mol. The molecule has 2 atom stereocenters. The molecule has 1 aromatic carbocycles. The Bertz CT molecular complexity index is 935. The van der Waals surface area contributed by atoms with Gasteiger partial charge in [0.15, 0.2) is 4.77 Å². The molecule has 1 fully saturated rings. The van der Waals surface area contributed by atoms with Crippen molar-refractivity contribution in [2.75, 3.05) is 7.11 Å². The lowest BCUT2D eigenvalue weighted by atomic mass is 9.91. The maximum absolute atomic E-state index is 12.3. The number of nitrogens with two attached hydrogens (primary N) is 1. The number of nitrogens with one attached hydrogen (secondary N) is 1. The molecular weight excluding hydrogens is 352 g/mol. The molecule has 1 heterocycles. The summed E-state index contributed by atoms with van der Waals surface area (Å²) in [6.07, 6.45) is 5.35. The lowest BCUT2D eigenvalue weighted by Gasteiger charge is -2.25. The van der Waals surface area contributed by atoms with Crippen LogP contribution in [-0.2, 0) is 0 Å². The molecule has 0 saturated heterocycles. The third-order valence-electron chi connectivity index (χ3n) is 4.61. The van der Waals surface area contributed by atoms with Crippen LogP contribution in [-0.4, -0.2) is 40.1 Å². The summed E-state index contributed by atoms with van der Waals surface area (Å²) in [7, 11) is 1.55. The summed E-state index contributed by atoms with van der Waals surface area (Å²) in [4.78, 5) is 19.3. The van der Waals surface area contributed by atoms with E-state index < -0.39 is 5.56 Å². The highest BCUT2D eigenvalue weighted by molar-refractivity contribution is 7.71. The number of aromatic hydroxyl groups is 1. The first-order valence-corrected chi connectivity index (χ1v) is 8.93. The lowest BCUT2D eigenvalue weighted by molar-refractivity contribution is 0.387. The molecule has 0 amide bonds. The number of ether oxygens (including phenoxy) is 1. The number of methoxy groups -OCH3 is 1. The number of aromatic nitrogens is 2. The summed E-state index contributed by atoms with van der Waals surface area (Å²) in [6.45, 7) is 0. The van der Waals surface area contributed by atoms with E-state index in [4.69, 9.17) is 22.7 Å². The molecule has 4 N–H and O–H groups in total. The first-order valence-electron chi connectivity index (χ1n) is 8.52. The van der Waals surface area contributed by atoms with E-state index in [9.17, 15) is 9.90 Å². The second kappa shape index (κ2) is 7.84. The van der Waals surface area contributed by atoms with Gasteiger partial charge in [0.05, 0.1) is 18.8 Å². The minimum absolute atomic E-state index is 0.0232. The van der Waals surface area contributed by atoms with Gasteiger partial charge in [-0.3, -0.25) is 19.3 Å². The van der Waals surface area contributed by atoms with Crippen molar-refractivity contribution >= 4 is 18.4 Å². The molecule has 2 aromatic rings. The molecule has 0 aliphatic heterocycles. The monoisotopic (exact) mass is 374 g/mol. The highest BCUT2D eigenvalue weighted by Crippen LogP contribution is 2.23.